The van der Waals surface area contributed by atoms with Gasteiger partial charge in [-0.25, -0.2) is 4.79 Å². The average molecular weight is 330 g/mol. The van der Waals surface area contributed by atoms with Gasteiger partial charge in [0.15, 0.2) is 8.32 Å². The summed E-state index contributed by atoms with van der Waals surface area (Å²) < 4.78 is 16.6. The molecule has 0 saturated carbocycles. The Morgan fingerprint density at radius 1 is 1.32 bits per heavy atom. The molecule has 1 N–H and O–H groups in total. The number of aliphatic hydroxyl groups excluding tert-OH is 1. The lowest BCUT2D eigenvalue weighted by molar-refractivity contribution is -0.206. The molecule has 0 amide bonds. The van der Waals surface area contributed by atoms with Gasteiger partial charge in [-0.3, -0.25) is 0 Å². The normalized spacial score (nSPS) is 20.0. The topological polar surface area (TPSA) is 65.0 Å². The van der Waals surface area contributed by atoms with Gasteiger partial charge < -0.3 is 19.0 Å². The third-order valence-corrected chi connectivity index (χ3v) is 8.70. The van der Waals surface area contributed by atoms with Crippen LogP contribution in [0.2, 0.25) is 18.1 Å². The minimum atomic E-state index is -1.79. The number of carbonyl (C=O) groups excluding carboxylic acids is 1. The van der Waals surface area contributed by atoms with Crippen LogP contribution < -0.4 is 0 Å². The Kier molecular flexibility index (Phi) is 5.86. The Morgan fingerprint density at radius 3 is 2.41 bits per heavy atom. The summed E-state index contributed by atoms with van der Waals surface area (Å²) in [7, 11) is -1.79. The largest absolute Gasteiger partial charge is 0.457 e. The highest BCUT2D eigenvalue weighted by molar-refractivity contribution is 6.74. The van der Waals surface area contributed by atoms with Crippen LogP contribution in [0.25, 0.3) is 0 Å². The Labute approximate surface area is 134 Å². The van der Waals surface area contributed by atoms with Gasteiger partial charge in [-0.15, -0.1) is 0 Å². The van der Waals surface area contributed by atoms with Crippen LogP contribution in [0, 0.1) is 0 Å². The van der Waals surface area contributed by atoms with Crippen molar-refractivity contribution < 1.29 is 23.8 Å². The Balaban J connectivity index is 2.45. The highest BCUT2D eigenvalue weighted by Gasteiger charge is 2.37. The van der Waals surface area contributed by atoms with E-state index in [2.05, 4.69) is 33.9 Å². The first-order chi connectivity index (χ1) is 9.82. The number of rotatable bonds is 6. The second-order valence-corrected chi connectivity index (χ2v) is 12.6. The van der Waals surface area contributed by atoms with Crippen molar-refractivity contribution >= 4 is 14.3 Å². The predicted octanol–water partition coefficient (Wildman–Crippen LogP) is 3.34. The summed E-state index contributed by atoms with van der Waals surface area (Å²) in [4.78, 5) is 11.4. The third-order valence-electron chi connectivity index (χ3n) is 4.16. The molecule has 1 rings (SSSR count). The summed E-state index contributed by atoms with van der Waals surface area (Å²) >= 11 is 0. The zero-order valence-corrected chi connectivity index (χ0v) is 15.9. The van der Waals surface area contributed by atoms with Crippen LogP contribution in [0.4, 0.5) is 0 Å². The molecule has 5 nitrogen and oxygen atoms in total. The van der Waals surface area contributed by atoms with Crippen molar-refractivity contribution in [3.8, 4) is 0 Å². The zero-order chi connectivity index (χ0) is 17.2. The fraction of sp³-hybridized carbons (Fsp3) is 0.812. The van der Waals surface area contributed by atoms with Gasteiger partial charge in [-0.1, -0.05) is 20.8 Å². The van der Waals surface area contributed by atoms with Crippen LogP contribution >= 0.6 is 0 Å². The number of aliphatic hydroxyl groups is 1. The molecular weight excluding hydrogens is 300 g/mol. The number of carbonyl (C=O) groups is 1. The van der Waals surface area contributed by atoms with E-state index in [0.717, 1.165) is 0 Å². The SMILES string of the molecule is CC1(C)OC(=O)C=C(CC(O)CCO[Si](C)(C)C(C)(C)C)O1. The molecule has 0 aliphatic carbocycles. The number of hydrogen-bond donors (Lipinski definition) is 1. The number of hydrogen-bond acceptors (Lipinski definition) is 5. The summed E-state index contributed by atoms with van der Waals surface area (Å²) in [6.45, 7) is 14.8. The molecule has 1 heterocycles. The van der Waals surface area contributed by atoms with Gasteiger partial charge in [-0.2, -0.15) is 0 Å². The summed E-state index contributed by atoms with van der Waals surface area (Å²) in [6, 6.07) is 0. The second-order valence-electron chi connectivity index (χ2n) is 7.79. The van der Waals surface area contributed by atoms with E-state index in [1.165, 1.54) is 6.08 Å². The fourth-order valence-electron chi connectivity index (χ4n) is 1.87. The van der Waals surface area contributed by atoms with E-state index in [1.807, 2.05) is 0 Å². The molecule has 0 saturated heterocycles. The van der Waals surface area contributed by atoms with Crippen molar-refractivity contribution in [3.05, 3.63) is 11.8 Å². The lowest BCUT2D eigenvalue weighted by Crippen LogP contribution is -2.41. The van der Waals surface area contributed by atoms with Crippen molar-refractivity contribution in [2.24, 2.45) is 0 Å². The summed E-state index contributed by atoms with van der Waals surface area (Å²) in [5.74, 6) is -0.949. The summed E-state index contributed by atoms with van der Waals surface area (Å²) in [5, 5.41) is 10.3. The molecule has 128 valence electrons. The minimum Gasteiger partial charge on any atom is -0.457 e. The summed E-state index contributed by atoms with van der Waals surface area (Å²) in [5.41, 5.74) is 0. The second kappa shape index (κ2) is 6.72. The first kappa shape index (κ1) is 19.2. The van der Waals surface area contributed by atoms with Crippen LogP contribution in [0.5, 0.6) is 0 Å². The molecule has 22 heavy (non-hydrogen) atoms. The first-order valence-electron chi connectivity index (χ1n) is 7.77. The molecular formula is C16H30O5Si. The number of ether oxygens (including phenoxy) is 2. The van der Waals surface area contributed by atoms with Crippen LogP contribution in [-0.4, -0.2) is 37.9 Å². The first-order valence-corrected chi connectivity index (χ1v) is 10.7. The van der Waals surface area contributed by atoms with Gasteiger partial charge >= 0.3 is 5.97 Å². The van der Waals surface area contributed by atoms with E-state index in [1.54, 1.807) is 13.8 Å². The average Bonchev–Trinajstić information content (AvgIpc) is 2.23. The highest BCUT2D eigenvalue weighted by Crippen LogP contribution is 2.36. The molecule has 0 spiro atoms. The molecule has 0 aromatic rings. The fourth-order valence-corrected chi connectivity index (χ4v) is 2.93. The maximum Gasteiger partial charge on any atom is 0.337 e. The third kappa shape index (κ3) is 5.74. The van der Waals surface area contributed by atoms with Crippen LogP contribution in [0.3, 0.4) is 0 Å². The molecule has 6 heteroatoms. The van der Waals surface area contributed by atoms with Crippen LogP contribution in [0.15, 0.2) is 11.8 Å². The lowest BCUT2D eigenvalue weighted by atomic mass is 10.1. The summed E-state index contributed by atoms with van der Waals surface area (Å²) in [6.07, 6.45) is 1.50. The zero-order valence-electron chi connectivity index (χ0n) is 14.9. The van der Waals surface area contributed by atoms with Crippen molar-refractivity contribution in [1.82, 2.24) is 0 Å². The van der Waals surface area contributed by atoms with Crippen molar-refractivity contribution in [2.45, 2.75) is 77.5 Å². The predicted molar refractivity (Wildman–Crippen MR) is 87.7 cm³/mol. The Morgan fingerprint density at radius 2 is 1.91 bits per heavy atom. The van der Waals surface area contributed by atoms with E-state index in [0.29, 0.717) is 25.2 Å². The number of esters is 1. The molecule has 1 aliphatic rings. The smallest absolute Gasteiger partial charge is 0.337 e. The van der Waals surface area contributed by atoms with Gasteiger partial charge in [-0.05, 0) is 24.6 Å². The molecule has 1 aliphatic heterocycles. The Bertz CT molecular complexity index is 434. The van der Waals surface area contributed by atoms with E-state index in [9.17, 15) is 9.90 Å². The van der Waals surface area contributed by atoms with Gasteiger partial charge in [0.2, 0.25) is 5.79 Å². The van der Waals surface area contributed by atoms with E-state index in [4.69, 9.17) is 13.9 Å². The molecule has 0 bridgehead atoms. The molecule has 1 unspecified atom stereocenters. The lowest BCUT2D eigenvalue weighted by Gasteiger charge is -2.36. The van der Waals surface area contributed by atoms with Gasteiger partial charge in [0, 0.05) is 26.9 Å². The quantitative estimate of drug-likeness (QED) is 0.598. The molecule has 1 atom stereocenters. The standard InChI is InChI=1S/C16H30O5Si/c1-15(2,3)22(6,7)19-9-8-12(17)10-13-11-14(18)21-16(4,5)20-13/h11-12,17H,8-10H2,1-7H3. The molecule has 0 radical (unpaired) electrons. The number of cyclic esters (lactones) is 1. The maximum absolute atomic E-state index is 11.4. The van der Waals surface area contributed by atoms with E-state index < -0.39 is 26.2 Å². The monoisotopic (exact) mass is 330 g/mol. The Hall–Kier alpha value is -0.853. The van der Waals surface area contributed by atoms with E-state index in [-0.39, 0.29) is 5.04 Å². The van der Waals surface area contributed by atoms with Gasteiger partial charge in [0.1, 0.15) is 5.76 Å². The van der Waals surface area contributed by atoms with Crippen molar-refractivity contribution in [2.75, 3.05) is 6.61 Å². The molecule has 0 aromatic heterocycles. The highest BCUT2D eigenvalue weighted by atomic mass is 28.4. The van der Waals surface area contributed by atoms with Crippen molar-refractivity contribution in [1.29, 1.82) is 0 Å². The molecule has 0 fully saturated rings. The van der Waals surface area contributed by atoms with E-state index >= 15 is 0 Å². The van der Waals surface area contributed by atoms with Gasteiger partial charge in [0.25, 0.3) is 0 Å². The minimum absolute atomic E-state index is 0.154. The van der Waals surface area contributed by atoms with Crippen molar-refractivity contribution in [3.63, 3.8) is 0 Å². The maximum atomic E-state index is 11.4. The van der Waals surface area contributed by atoms with Crippen LogP contribution in [0.1, 0.15) is 47.5 Å². The van der Waals surface area contributed by atoms with Gasteiger partial charge in [0.05, 0.1) is 12.2 Å². The van der Waals surface area contributed by atoms with Crippen LogP contribution in [-0.2, 0) is 18.7 Å². The molecule has 0 aromatic carbocycles.